The number of unbranched alkanes of at least 4 members (excludes halogenated alkanes) is 2. The summed E-state index contributed by atoms with van der Waals surface area (Å²) in [5.74, 6) is 1.14. The molecular formula is C35H49N7O2. The number of anilines is 2. The Bertz CT molecular complexity index is 1370. The minimum atomic E-state index is -0.0115. The molecule has 2 amide bonds. The zero-order chi connectivity index (χ0) is 30.7. The van der Waals surface area contributed by atoms with Crippen molar-refractivity contribution in [1.82, 2.24) is 25.4 Å². The van der Waals surface area contributed by atoms with E-state index in [1.54, 1.807) is 7.05 Å². The van der Waals surface area contributed by atoms with Crippen molar-refractivity contribution in [1.29, 1.82) is 0 Å². The fraction of sp³-hybridized carbons (Fsp3) is 0.514. The predicted molar refractivity (Wildman–Crippen MR) is 179 cm³/mol. The third-order valence-corrected chi connectivity index (χ3v) is 9.03. The number of piperidine rings is 1. The number of nitrogens with zero attached hydrogens (tertiary/aromatic N) is 4. The van der Waals surface area contributed by atoms with Crippen LogP contribution in [0.3, 0.4) is 0 Å². The summed E-state index contributed by atoms with van der Waals surface area (Å²) < 4.78 is 0. The molecule has 0 saturated carbocycles. The third-order valence-electron chi connectivity index (χ3n) is 9.03. The zero-order valence-electron chi connectivity index (χ0n) is 26.5. The second-order valence-electron chi connectivity index (χ2n) is 12.3. The van der Waals surface area contributed by atoms with Gasteiger partial charge in [0.15, 0.2) is 0 Å². The van der Waals surface area contributed by atoms with Crippen LogP contribution in [-0.2, 0) is 16.1 Å². The summed E-state index contributed by atoms with van der Waals surface area (Å²) >= 11 is 0. The lowest BCUT2D eigenvalue weighted by molar-refractivity contribution is -0.120. The molecule has 0 unspecified atom stereocenters. The fourth-order valence-corrected chi connectivity index (χ4v) is 6.32. The summed E-state index contributed by atoms with van der Waals surface area (Å²) in [5.41, 5.74) is 4.29. The van der Waals surface area contributed by atoms with E-state index in [-0.39, 0.29) is 11.8 Å². The van der Waals surface area contributed by atoms with E-state index in [1.807, 2.05) is 18.2 Å². The Hall–Kier alpha value is -3.53. The van der Waals surface area contributed by atoms with Crippen molar-refractivity contribution in [2.24, 2.45) is 0 Å². The number of aryl methyl sites for hydroxylation is 1. The number of nitrogens with one attached hydrogen (secondary N) is 3. The van der Waals surface area contributed by atoms with Crippen molar-refractivity contribution < 1.29 is 9.59 Å². The van der Waals surface area contributed by atoms with Crippen molar-refractivity contribution >= 4 is 34.2 Å². The first-order valence-corrected chi connectivity index (χ1v) is 16.4. The number of hydrogen-bond acceptors (Lipinski definition) is 7. The number of aromatic nitrogens is 1. The van der Waals surface area contributed by atoms with Crippen molar-refractivity contribution in [3.8, 4) is 0 Å². The average molecular weight is 600 g/mol. The molecule has 5 rings (SSSR count). The molecule has 0 atom stereocenters. The number of carbonyl (C=O) groups excluding carboxylic acids is 2. The number of hydrogen-bond donors (Lipinski definition) is 3. The molecule has 236 valence electrons. The molecule has 2 aliphatic heterocycles. The average Bonchev–Trinajstić information content (AvgIpc) is 3.05. The summed E-state index contributed by atoms with van der Waals surface area (Å²) in [7, 11) is 1.70. The molecule has 1 aromatic heterocycles. The van der Waals surface area contributed by atoms with E-state index in [9.17, 15) is 9.59 Å². The minimum absolute atomic E-state index is 0.0115. The largest absolute Gasteiger partial charge is 0.359 e. The van der Waals surface area contributed by atoms with Crippen LogP contribution in [0.25, 0.3) is 10.9 Å². The van der Waals surface area contributed by atoms with Crippen LogP contribution in [-0.4, -0.2) is 92.0 Å². The summed E-state index contributed by atoms with van der Waals surface area (Å²) in [5, 5.41) is 10.3. The molecule has 2 aromatic carbocycles. The van der Waals surface area contributed by atoms with Gasteiger partial charge in [0.05, 0.1) is 12.1 Å². The van der Waals surface area contributed by atoms with Crippen LogP contribution in [0.1, 0.15) is 49.7 Å². The highest BCUT2D eigenvalue weighted by atomic mass is 16.2. The smallest absolute Gasteiger partial charge is 0.238 e. The molecule has 0 bridgehead atoms. The van der Waals surface area contributed by atoms with E-state index < -0.39 is 0 Å². The first-order chi connectivity index (χ1) is 21.5. The highest BCUT2D eigenvalue weighted by molar-refractivity contribution is 5.95. The number of carbonyl (C=O) groups is 2. The van der Waals surface area contributed by atoms with E-state index >= 15 is 0 Å². The Kier molecular flexibility index (Phi) is 11.6. The SMILES string of the molecule is CNC(=O)CCCCCN1CCN(c2cc(C)c3cc(NC(=O)CNC4CCN(Cc5ccccc5)CC4)ccc3n2)CC1. The van der Waals surface area contributed by atoms with Crippen LogP contribution in [0.4, 0.5) is 11.5 Å². The minimum Gasteiger partial charge on any atom is -0.359 e. The van der Waals surface area contributed by atoms with Crippen LogP contribution in [0.2, 0.25) is 0 Å². The van der Waals surface area contributed by atoms with Gasteiger partial charge in [-0.1, -0.05) is 36.8 Å². The van der Waals surface area contributed by atoms with E-state index in [1.165, 1.54) is 11.1 Å². The quantitative estimate of drug-likeness (QED) is 0.254. The van der Waals surface area contributed by atoms with Gasteiger partial charge >= 0.3 is 0 Å². The predicted octanol–water partition coefficient (Wildman–Crippen LogP) is 4.16. The molecular weight excluding hydrogens is 550 g/mol. The lowest BCUT2D eigenvalue weighted by atomic mass is 10.0. The summed E-state index contributed by atoms with van der Waals surface area (Å²) in [6, 6.07) is 19.2. The fourth-order valence-electron chi connectivity index (χ4n) is 6.32. The van der Waals surface area contributed by atoms with Crippen LogP contribution in [0, 0.1) is 6.92 Å². The van der Waals surface area contributed by atoms with E-state index in [2.05, 4.69) is 74.0 Å². The standard InChI is InChI=1S/C35H49N7O2/c1-27-23-33(42-21-19-40(20-22-42)16-8-4-7-11-34(43)36-2)39-32-13-12-30(24-31(27)32)38-35(44)25-37-29-14-17-41(18-15-29)26-28-9-5-3-6-10-28/h3,5-6,9-10,12-13,23-24,29,37H,4,7-8,11,14-22,25-26H2,1-2H3,(H,36,43)(H,38,44). The Labute approximate surface area is 262 Å². The van der Waals surface area contributed by atoms with Gasteiger partial charge in [0, 0.05) is 63.3 Å². The van der Waals surface area contributed by atoms with Gasteiger partial charge in [-0.2, -0.15) is 0 Å². The van der Waals surface area contributed by atoms with Gasteiger partial charge in [-0.15, -0.1) is 0 Å². The molecule has 2 aliphatic rings. The Morgan fingerprint density at radius 1 is 0.864 bits per heavy atom. The monoisotopic (exact) mass is 599 g/mol. The van der Waals surface area contributed by atoms with E-state index in [4.69, 9.17) is 4.98 Å². The number of likely N-dealkylation sites (tertiary alicyclic amines) is 1. The van der Waals surface area contributed by atoms with Gasteiger partial charge in [0.2, 0.25) is 11.8 Å². The van der Waals surface area contributed by atoms with Crippen molar-refractivity contribution in [3.63, 3.8) is 0 Å². The summed E-state index contributed by atoms with van der Waals surface area (Å²) in [6.45, 7) is 10.6. The normalized spacial score (nSPS) is 16.7. The number of rotatable bonds is 13. The molecule has 3 heterocycles. The van der Waals surface area contributed by atoms with Crippen LogP contribution in [0.5, 0.6) is 0 Å². The number of benzene rings is 2. The van der Waals surface area contributed by atoms with Gasteiger partial charge < -0.3 is 20.9 Å². The van der Waals surface area contributed by atoms with Gasteiger partial charge in [0.1, 0.15) is 5.82 Å². The summed E-state index contributed by atoms with van der Waals surface area (Å²) in [6.07, 6.45) is 5.91. The number of pyridine rings is 1. The highest BCUT2D eigenvalue weighted by Crippen LogP contribution is 2.26. The van der Waals surface area contributed by atoms with Crippen LogP contribution >= 0.6 is 0 Å². The van der Waals surface area contributed by atoms with E-state index in [0.29, 0.717) is 19.0 Å². The Morgan fingerprint density at radius 2 is 1.64 bits per heavy atom. The molecule has 2 fully saturated rings. The number of fused-ring (bicyclic) bond motifs is 1. The number of piperazine rings is 1. The molecule has 9 heteroatoms. The molecule has 9 nitrogen and oxygen atoms in total. The Morgan fingerprint density at radius 3 is 2.39 bits per heavy atom. The van der Waals surface area contributed by atoms with Gasteiger partial charge in [-0.3, -0.25) is 19.4 Å². The second-order valence-corrected chi connectivity index (χ2v) is 12.3. The molecule has 0 radical (unpaired) electrons. The van der Waals surface area contributed by atoms with Gasteiger partial charge in [0.25, 0.3) is 0 Å². The first-order valence-electron chi connectivity index (χ1n) is 16.4. The molecule has 2 saturated heterocycles. The molecule has 3 aromatic rings. The maximum absolute atomic E-state index is 12.8. The second kappa shape index (κ2) is 16.0. The van der Waals surface area contributed by atoms with Crippen molar-refractivity contribution in [2.45, 2.75) is 58.0 Å². The van der Waals surface area contributed by atoms with Crippen molar-refractivity contribution in [2.75, 3.05) is 69.6 Å². The van der Waals surface area contributed by atoms with Crippen LogP contribution in [0.15, 0.2) is 54.6 Å². The first kappa shape index (κ1) is 31.9. The van der Waals surface area contributed by atoms with Crippen molar-refractivity contribution in [3.05, 3.63) is 65.7 Å². The van der Waals surface area contributed by atoms with Gasteiger partial charge in [-0.05, 0) is 87.6 Å². The maximum Gasteiger partial charge on any atom is 0.238 e. The van der Waals surface area contributed by atoms with Crippen LogP contribution < -0.4 is 20.9 Å². The molecule has 44 heavy (non-hydrogen) atoms. The van der Waals surface area contributed by atoms with E-state index in [0.717, 1.165) is 107 Å². The molecule has 0 aliphatic carbocycles. The Balaban J connectivity index is 1.04. The number of amides is 2. The lowest BCUT2D eigenvalue weighted by Gasteiger charge is -2.35. The summed E-state index contributed by atoms with van der Waals surface area (Å²) in [4.78, 5) is 36.5. The van der Waals surface area contributed by atoms with Gasteiger partial charge in [-0.25, -0.2) is 4.98 Å². The third kappa shape index (κ3) is 9.24. The maximum atomic E-state index is 12.8. The zero-order valence-corrected chi connectivity index (χ0v) is 26.5. The molecule has 0 spiro atoms. The molecule has 3 N–H and O–H groups in total. The topological polar surface area (TPSA) is 92.8 Å². The highest BCUT2D eigenvalue weighted by Gasteiger charge is 2.21. The lowest BCUT2D eigenvalue weighted by Crippen LogP contribution is -2.46.